The Hall–Kier alpha value is -3.27. The lowest BCUT2D eigenvalue weighted by Gasteiger charge is -2.13. The minimum Gasteiger partial charge on any atom is -0.490 e. The Balaban J connectivity index is 2.48. The average molecular weight is 342 g/mol. The van der Waals surface area contributed by atoms with Crippen molar-refractivity contribution >= 4 is 5.97 Å². The molecular weight excluding hydrogens is 324 g/mol. The topological polar surface area (TPSA) is 101 Å². The molecule has 0 unspecified atom stereocenters. The summed E-state index contributed by atoms with van der Waals surface area (Å²) in [7, 11) is 1.27. The van der Waals surface area contributed by atoms with Gasteiger partial charge in [0.1, 0.15) is 11.6 Å². The van der Waals surface area contributed by atoms with Gasteiger partial charge in [-0.05, 0) is 37.6 Å². The number of pyridine rings is 1. The van der Waals surface area contributed by atoms with Gasteiger partial charge in [-0.1, -0.05) is 6.07 Å². The van der Waals surface area contributed by atoms with Gasteiger partial charge in [-0.2, -0.15) is 5.26 Å². The molecule has 25 heavy (non-hydrogen) atoms. The first-order valence-corrected chi connectivity index (χ1v) is 7.61. The number of methoxy groups -OCH3 is 1. The second kappa shape index (κ2) is 8.02. The molecule has 7 heteroatoms. The SMILES string of the molecule is CCOc1cc(-c2cc(C)[nH]c(=O)c2C#N)ccc1OCC(=O)OC. The molecule has 0 amide bonds. The predicted molar refractivity (Wildman–Crippen MR) is 90.6 cm³/mol. The van der Waals surface area contributed by atoms with Crippen LogP contribution in [0, 0.1) is 18.3 Å². The number of hydrogen-bond acceptors (Lipinski definition) is 6. The molecule has 0 radical (unpaired) electrons. The first-order chi connectivity index (χ1) is 12.0. The monoisotopic (exact) mass is 342 g/mol. The summed E-state index contributed by atoms with van der Waals surface area (Å²) < 4.78 is 15.5. The van der Waals surface area contributed by atoms with Gasteiger partial charge in [0.05, 0.1) is 13.7 Å². The lowest BCUT2D eigenvalue weighted by Crippen LogP contribution is -2.14. The molecule has 0 saturated heterocycles. The Bertz CT molecular complexity index is 880. The summed E-state index contributed by atoms with van der Waals surface area (Å²) in [5.74, 6) is 0.269. The van der Waals surface area contributed by atoms with Crippen molar-refractivity contribution in [3.05, 3.63) is 45.9 Å². The Morgan fingerprint density at radius 3 is 2.64 bits per heavy atom. The van der Waals surface area contributed by atoms with E-state index < -0.39 is 11.5 Å². The van der Waals surface area contributed by atoms with Crippen LogP contribution in [0.3, 0.4) is 0 Å². The molecule has 1 aromatic carbocycles. The third-order valence-electron chi connectivity index (χ3n) is 3.41. The minimum absolute atomic E-state index is 0.0243. The molecule has 1 heterocycles. The lowest BCUT2D eigenvalue weighted by molar-refractivity contribution is -0.142. The predicted octanol–water partition coefficient (Wildman–Crippen LogP) is 2.17. The third kappa shape index (κ3) is 4.18. The molecule has 1 N–H and O–H groups in total. The molecule has 0 bridgehead atoms. The zero-order chi connectivity index (χ0) is 18.4. The molecule has 0 saturated carbocycles. The molecule has 0 aliphatic rings. The van der Waals surface area contributed by atoms with Crippen LogP contribution in [0.1, 0.15) is 18.2 Å². The van der Waals surface area contributed by atoms with Crippen molar-refractivity contribution in [3.8, 4) is 28.7 Å². The summed E-state index contributed by atoms with van der Waals surface area (Å²) in [4.78, 5) is 25.8. The summed E-state index contributed by atoms with van der Waals surface area (Å²) in [5.41, 5.74) is 1.37. The number of nitrogens with zero attached hydrogens (tertiary/aromatic N) is 1. The summed E-state index contributed by atoms with van der Waals surface area (Å²) in [6, 6.07) is 8.64. The van der Waals surface area contributed by atoms with Gasteiger partial charge in [-0.15, -0.1) is 0 Å². The molecule has 7 nitrogen and oxygen atoms in total. The van der Waals surface area contributed by atoms with Crippen LogP contribution in [-0.4, -0.2) is 31.3 Å². The van der Waals surface area contributed by atoms with E-state index in [1.807, 2.05) is 13.0 Å². The molecule has 0 atom stereocenters. The normalized spacial score (nSPS) is 10.0. The van der Waals surface area contributed by atoms with Gasteiger partial charge in [-0.25, -0.2) is 4.79 Å². The number of H-pyrrole nitrogens is 1. The quantitative estimate of drug-likeness (QED) is 0.807. The Labute approximate surface area is 144 Å². The van der Waals surface area contributed by atoms with Crippen LogP contribution in [0.5, 0.6) is 11.5 Å². The zero-order valence-corrected chi connectivity index (χ0v) is 14.2. The van der Waals surface area contributed by atoms with Gasteiger partial charge < -0.3 is 19.2 Å². The van der Waals surface area contributed by atoms with Gasteiger partial charge >= 0.3 is 5.97 Å². The highest BCUT2D eigenvalue weighted by atomic mass is 16.6. The number of aryl methyl sites for hydroxylation is 1. The fourth-order valence-electron chi connectivity index (χ4n) is 2.29. The fraction of sp³-hybridized carbons (Fsp3) is 0.278. The first kappa shape index (κ1) is 18.1. The maximum Gasteiger partial charge on any atom is 0.343 e. The molecule has 0 aliphatic heterocycles. The Morgan fingerprint density at radius 2 is 2.00 bits per heavy atom. The summed E-state index contributed by atoms with van der Waals surface area (Å²) >= 11 is 0. The van der Waals surface area contributed by atoms with E-state index in [1.165, 1.54) is 7.11 Å². The number of rotatable bonds is 6. The number of nitrogens with one attached hydrogen (secondary N) is 1. The van der Waals surface area contributed by atoms with Gasteiger partial charge in [0.15, 0.2) is 18.1 Å². The van der Waals surface area contributed by atoms with Crippen LogP contribution in [0.2, 0.25) is 0 Å². The molecular formula is C18H18N2O5. The van der Waals surface area contributed by atoms with E-state index >= 15 is 0 Å². The highest BCUT2D eigenvalue weighted by molar-refractivity contribution is 5.73. The molecule has 2 aromatic rings. The number of aromatic nitrogens is 1. The van der Waals surface area contributed by atoms with Crippen molar-refractivity contribution in [2.75, 3.05) is 20.3 Å². The van der Waals surface area contributed by atoms with E-state index in [2.05, 4.69) is 9.72 Å². The molecule has 0 spiro atoms. The molecule has 2 rings (SSSR count). The Morgan fingerprint density at radius 1 is 1.24 bits per heavy atom. The lowest BCUT2D eigenvalue weighted by atomic mass is 10.0. The van der Waals surface area contributed by atoms with Gasteiger partial charge in [-0.3, -0.25) is 4.79 Å². The van der Waals surface area contributed by atoms with E-state index in [0.717, 1.165) is 0 Å². The van der Waals surface area contributed by atoms with Gasteiger partial charge in [0, 0.05) is 11.3 Å². The van der Waals surface area contributed by atoms with E-state index in [-0.39, 0.29) is 12.2 Å². The van der Waals surface area contributed by atoms with Crippen LogP contribution >= 0.6 is 0 Å². The van der Waals surface area contributed by atoms with Crippen molar-refractivity contribution in [3.63, 3.8) is 0 Å². The van der Waals surface area contributed by atoms with Crippen LogP contribution in [0.15, 0.2) is 29.1 Å². The summed E-state index contributed by atoms with van der Waals surface area (Å²) in [5, 5.41) is 9.27. The highest BCUT2D eigenvalue weighted by Gasteiger charge is 2.14. The number of ether oxygens (including phenoxy) is 3. The third-order valence-corrected chi connectivity index (χ3v) is 3.41. The number of carbonyl (C=O) groups is 1. The highest BCUT2D eigenvalue weighted by Crippen LogP contribution is 2.33. The average Bonchev–Trinajstić information content (AvgIpc) is 2.60. The summed E-state index contributed by atoms with van der Waals surface area (Å²) in [6.07, 6.45) is 0. The summed E-state index contributed by atoms with van der Waals surface area (Å²) in [6.45, 7) is 3.69. The number of esters is 1. The first-order valence-electron chi connectivity index (χ1n) is 7.61. The van der Waals surface area contributed by atoms with Crippen molar-refractivity contribution in [1.29, 1.82) is 5.26 Å². The standard InChI is InChI=1S/C18H18N2O5/c1-4-24-16-8-12(5-6-15(16)25-10-17(21)23-3)13-7-11(2)20-18(22)14(13)9-19/h5-8H,4,10H2,1-3H3,(H,20,22). The fourth-order valence-corrected chi connectivity index (χ4v) is 2.29. The van der Waals surface area contributed by atoms with Gasteiger partial charge in [0.2, 0.25) is 0 Å². The second-order valence-electron chi connectivity index (χ2n) is 5.14. The molecule has 0 fully saturated rings. The second-order valence-corrected chi connectivity index (χ2v) is 5.14. The maximum atomic E-state index is 12.0. The van der Waals surface area contributed by atoms with Gasteiger partial charge in [0.25, 0.3) is 5.56 Å². The van der Waals surface area contributed by atoms with Crippen LogP contribution in [0.25, 0.3) is 11.1 Å². The van der Waals surface area contributed by atoms with Crippen molar-refractivity contribution in [2.45, 2.75) is 13.8 Å². The zero-order valence-electron chi connectivity index (χ0n) is 14.2. The largest absolute Gasteiger partial charge is 0.490 e. The van der Waals surface area contributed by atoms with E-state index in [1.54, 1.807) is 31.2 Å². The smallest absolute Gasteiger partial charge is 0.343 e. The number of aromatic amines is 1. The minimum atomic E-state index is -0.511. The van der Waals surface area contributed by atoms with Crippen molar-refractivity contribution in [1.82, 2.24) is 4.98 Å². The molecule has 0 aliphatic carbocycles. The van der Waals surface area contributed by atoms with Crippen LogP contribution in [-0.2, 0) is 9.53 Å². The van der Waals surface area contributed by atoms with Crippen molar-refractivity contribution in [2.24, 2.45) is 0 Å². The van der Waals surface area contributed by atoms with Crippen LogP contribution in [0.4, 0.5) is 0 Å². The van der Waals surface area contributed by atoms with Crippen LogP contribution < -0.4 is 15.0 Å². The number of nitriles is 1. The van der Waals surface area contributed by atoms with E-state index in [4.69, 9.17) is 9.47 Å². The number of carbonyl (C=O) groups excluding carboxylic acids is 1. The van der Waals surface area contributed by atoms with E-state index in [0.29, 0.717) is 34.9 Å². The number of benzene rings is 1. The number of hydrogen-bond donors (Lipinski definition) is 1. The van der Waals surface area contributed by atoms with E-state index in [9.17, 15) is 14.9 Å². The maximum absolute atomic E-state index is 12.0. The Kier molecular flexibility index (Phi) is 5.79. The molecule has 130 valence electrons. The van der Waals surface area contributed by atoms with Crippen molar-refractivity contribution < 1.29 is 19.0 Å². The molecule has 1 aromatic heterocycles.